The van der Waals surface area contributed by atoms with Gasteiger partial charge in [0.05, 0.1) is 0 Å². The van der Waals surface area contributed by atoms with Gasteiger partial charge in [-0.05, 0) is 0 Å². The van der Waals surface area contributed by atoms with Crippen molar-refractivity contribution in [1.82, 2.24) is 9.66 Å². The SMILES string of the molecule is NNS(=O)(=O)[O-].NNS(=O)(=O)[O-].[Ba+2]. The Balaban J connectivity index is -0.000000143. The van der Waals surface area contributed by atoms with Crippen molar-refractivity contribution in [3.05, 3.63) is 0 Å². The average Bonchev–Trinajstić information content (AvgIpc) is 1.86. The van der Waals surface area contributed by atoms with Crippen LogP contribution in [0.5, 0.6) is 0 Å². The molecule has 0 unspecified atom stereocenters. The van der Waals surface area contributed by atoms with Crippen LogP contribution in [-0.4, -0.2) is 74.8 Å². The molecule has 0 rings (SSSR count). The number of hydrazine groups is 2. The summed E-state index contributed by atoms with van der Waals surface area (Å²) in [5.41, 5.74) is 0. The largest absolute Gasteiger partial charge is 2.00 e. The number of hydrogen-bond acceptors (Lipinski definition) is 8. The quantitative estimate of drug-likeness (QED) is 0.164. The molecule has 13 heavy (non-hydrogen) atoms. The van der Waals surface area contributed by atoms with Crippen molar-refractivity contribution in [3.63, 3.8) is 0 Å². The Morgan fingerprint density at radius 2 is 0.923 bits per heavy atom. The maximum atomic E-state index is 9.21. The zero-order valence-corrected chi connectivity index (χ0v) is 12.2. The van der Waals surface area contributed by atoms with Gasteiger partial charge in [-0.1, -0.05) is 0 Å². The van der Waals surface area contributed by atoms with Gasteiger partial charge in [0.1, 0.15) is 0 Å². The first-order valence-corrected chi connectivity index (χ1v) is 4.80. The molecular weight excluding hydrogens is 353 g/mol. The van der Waals surface area contributed by atoms with Gasteiger partial charge in [0.2, 0.25) is 0 Å². The van der Waals surface area contributed by atoms with Gasteiger partial charge >= 0.3 is 48.9 Å². The normalized spacial score (nSPS) is 10.8. The number of hydrogen-bond donors (Lipinski definition) is 4. The average molecular weight is 360 g/mol. The van der Waals surface area contributed by atoms with Crippen molar-refractivity contribution in [1.29, 1.82) is 0 Å². The van der Waals surface area contributed by atoms with Gasteiger partial charge in [0, 0.05) is 0 Å². The standard InChI is InChI=1S/Ba.2H4N2O3S/c;2*1-2-6(3,4)5/h;2*2H,1H2,(H,3,4,5)/q+2;;/p-2. The molecule has 0 aliphatic rings. The zero-order chi connectivity index (χ0) is 10.4. The molecule has 0 aliphatic carbocycles. The second kappa shape index (κ2) is 8.53. The van der Waals surface area contributed by atoms with Crippen LogP contribution < -0.4 is 21.3 Å². The Morgan fingerprint density at radius 1 is 0.846 bits per heavy atom. The zero-order valence-electron chi connectivity index (χ0n) is 6.13. The van der Waals surface area contributed by atoms with Crippen LogP contribution in [0.15, 0.2) is 0 Å². The van der Waals surface area contributed by atoms with Crippen molar-refractivity contribution < 1.29 is 25.9 Å². The first-order valence-electron chi connectivity index (χ1n) is 1.99. The summed E-state index contributed by atoms with van der Waals surface area (Å²) in [6, 6.07) is 0. The summed E-state index contributed by atoms with van der Waals surface area (Å²) in [6.07, 6.45) is 0. The molecule has 0 fully saturated rings. The van der Waals surface area contributed by atoms with Gasteiger partial charge < -0.3 is 9.11 Å². The second-order valence-corrected chi connectivity index (χ2v) is 3.43. The Kier molecular flexibility index (Phi) is 13.0. The minimum absolute atomic E-state index is 0. The second-order valence-electron chi connectivity index (χ2n) is 1.14. The molecular formula is H6BaN4O6S2. The van der Waals surface area contributed by atoms with Gasteiger partial charge in [-0.2, -0.15) is 9.66 Å². The summed E-state index contributed by atoms with van der Waals surface area (Å²) in [7, 11) is -8.77. The number of nitrogens with one attached hydrogen (secondary N) is 2. The third kappa shape index (κ3) is 31.9. The van der Waals surface area contributed by atoms with Gasteiger partial charge in [-0.25, -0.2) is 16.8 Å². The molecule has 0 aliphatic heterocycles. The van der Waals surface area contributed by atoms with Crippen molar-refractivity contribution >= 4 is 69.5 Å². The van der Waals surface area contributed by atoms with Gasteiger partial charge in [-0.15, -0.1) is 0 Å². The first-order chi connectivity index (χ1) is 5.12. The topological polar surface area (TPSA) is 190 Å². The molecule has 13 heteroatoms. The van der Waals surface area contributed by atoms with Crippen LogP contribution >= 0.6 is 0 Å². The summed E-state index contributed by atoms with van der Waals surface area (Å²) in [4.78, 5) is 2.04. The smallest absolute Gasteiger partial charge is 0.735 e. The minimum atomic E-state index is -4.38. The Labute approximate surface area is 115 Å². The van der Waals surface area contributed by atoms with E-state index in [1.807, 2.05) is 0 Å². The van der Waals surface area contributed by atoms with Gasteiger partial charge in [0.25, 0.3) is 0 Å². The molecule has 0 aromatic carbocycles. The van der Waals surface area contributed by atoms with E-state index in [4.69, 9.17) is 0 Å². The van der Waals surface area contributed by atoms with E-state index in [9.17, 15) is 25.9 Å². The molecule has 0 heterocycles. The predicted octanol–water partition coefficient (Wildman–Crippen LogP) is -4.56. The molecule has 0 aromatic rings. The van der Waals surface area contributed by atoms with E-state index in [2.05, 4.69) is 11.7 Å². The van der Waals surface area contributed by atoms with Crippen LogP contribution in [0.3, 0.4) is 0 Å². The van der Waals surface area contributed by atoms with Crippen LogP contribution in [0.1, 0.15) is 0 Å². The van der Waals surface area contributed by atoms with E-state index >= 15 is 0 Å². The molecule has 0 saturated heterocycles. The maximum absolute atomic E-state index is 9.21. The molecule has 10 nitrogen and oxygen atoms in total. The molecule has 0 spiro atoms. The summed E-state index contributed by atoms with van der Waals surface area (Å²) < 4.78 is 55.2. The molecule has 0 atom stereocenters. The van der Waals surface area contributed by atoms with Crippen molar-refractivity contribution in [2.24, 2.45) is 11.7 Å². The van der Waals surface area contributed by atoms with E-state index in [1.165, 1.54) is 0 Å². The monoisotopic (exact) mass is 360 g/mol. The van der Waals surface area contributed by atoms with Crippen molar-refractivity contribution in [3.8, 4) is 0 Å². The van der Waals surface area contributed by atoms with E-state index in [0.717, 1.165) is 9.66 Å². The first kappa shape index (κ1) is 19.8. The van der Waals surface area contributed by atoms with Crippen LogP contribution in [0.25, 0.3) is 0 Å². The Bertz CT molecular complexity index is 259. The molecule has 76 valence electrons. The molecule has 0 radical (unpaired) electrons. The van der Waals surface area contributed by atoms with Crippen LogP contribution in [0.4, 0.5) is 0 Å². The molecule has 0 amide bonds. The number of nitrogens with two attached hydrogens (primary N) is 2. The summed E-state index contributed by atoms with van der Waals surface area (Å²) in [5, 5.41) is 0. The summed E-state index contributed by atoms with van der Waals surface area (Å²) >= 11 is 0. The van der Waals surface area contributed by atoms with E-state index in [1.54, 1.807) is 0 Å². The van der Waals surface area contributed by atoms with Crippen molar-refractivity contribution in [2.75, 3.05) is 0 Å². The van der Waals surface area contributed by atoms with Crippen LogP contribution in [0, 0.1) is 0 Å². The van der Waals surface area contributed by atoms with Crippen LogP contribution in [-0.2, 0) is 20.6 Å². The Morgan fingerprint density at radius 3 is 0.923 bits per heavy atom. The summed E-state index contributed by atoms with van der Waals surface area (Å²) in [6.45, 7) is 0. The molecule has 6 N–H and O–H groups in total. The molecule has 0 saturated carbocycles. The summed E-state index contributed by atoms with van der Waals surface area (Å²) in [5.74, 6) is 8.31. The fourth-order valence-electron chi connectivity index (χ4n) is 0. The number of rotatable bonds is 2. The fourth-order valence-corrected chi connectivity index (χ4v) is 0. The Hall–Kier alpha value is 1.23. The van der Waals surface area contributed by atoms with E-state index < -0.39 is 20.6 Å². The molecule has 0 bridgehead atoms. The van der Waals surface area contributed by atoms with Crippen LogP contribution in [0.2, 0.25) is 0 Å². The minimum Gasteiger partial charge on any atom is -0.735 e. The maximum Gasteiger partial charge on any atom is 2.00 e. The van der Waals surface area contributed by atoms with E-state index in [-0.39, 0.29) is 48.9 Å². The van der Waals surface area contributed by atoms with E-state index in [0.29, 0.717) is 0 Å². The molecule has 0 aromatic heterocycles. The van der Waals surface area contributed by atoms with Crippen molar-refractivity contribution in [2.45, 2.75) is 0 Å². The van der Waals surface area contributed by atoms with Gasteiger partial charge in [0.15, 0.2) is 20.6 Å². The fraction of sp³-hybridized carbons (Fsp3) is 0. The predicted molar refractivity (Wildman–Crippen MR) is 39.8 cm³/mol. The third-order valence-electron chi connectivity index (χ3n) is 0.289. The third-order valence-corrected chi connectivity index (χ3v) is 0.866. The van der Waals surface area contributed by atoms with Gasteiger partial charge in [-0.3, -0.25) is 11.7 Å².